The lowest BCUT2D eigenvalue weighted by Crippen LogP contribution is -2.49. The van der Waals surface area contributed by atoms with Gasteiger partial charge in [0.2, 0.25) is 0 Å². The number of carbonyl (C=O) groups excluding carboxylic acids is 3. The Morgan fingerprint density at radius 2 is 1.68 bits per heavy atom. The van der Waals surface area contributed by atoms with Crippen LogP contribution in [-0.2, 0) is 14.3 Å². The number of hydrogen-bond donors (Lipinski definition) is 2. The molecule has 0 aliphatic heterocycles. The Morgan fingerprint density at radius 3 is 2.16 bits per heavy atom. The van der Waals surface area contributed by atoms with E-state index in [1.807, 2.05) is 13.8 Å². The van der Waals surface area contributed by atoms with Gasteiger partial charge in [0.05, 0.1) is 5.92 Å². The van der Waals surface area contributed by atoms with E-state index in [1.54, 1.807) is 45.0 Å². The second-order valence-corrected chi connectivity index (χ2v) is 7.57. The highest BCUT2D eigenvalue weighted by Crippen LogP contribution is 2.27. The molecule has 0 bridgehead atoms. The molecule has 0 radical (unpaired) electrons. The van der Waals surface area contributed by atoms with Crippen molar-refractivity contribution in [2.24, 2.45) is 5.92 Å². The summed E-state index contributed by atoms with van der Waals surface area (Å²) in [5.41, 5.74) is 0.286. The minimum Gasteiger partial charge on any atom is -0.455 e. The van der Waals surface area contributed by atoms with Gasteiger partial charge in [0.25, 0.3) is 5.91 Å². The molecule has 0 aliphatic rings. The number of rotatable bonds is 5. The summed E-state index contributed by atoms with van der Waals surface area (Å²) < 4.78 is 5.08. The summed E-state index contributed by atoms with van der Waals surface area (Å²) >= 11 is 5.87. The van der Waals surface area contributed by atoms with Gasteiger partial charge in [-0.1, -0.05) is 37.6 Å². The van der Waals surface area contributed by atoms with E-state index in [0.717, 1.165) is 5.56 Å². The first-order valence-corrected chi connectivity index (χ1v) is 8.41. The molecule has 1 atom stereocenters. The van der Waals surface area contributed by atoms with Crippen LogP contribution in [0.5, 0.6) is 0 Å². The first-order chi connectivity index (χ1) is 11.5. The van der Waals surface area contributed by atoms with Crippen molar-refractivity contribution in [1.82, 2.24) is 10.6 Å². The highest BCUT2D eigenvalue weighted by Gasteiger charge is 2.26. The molecule has 1 aromatic carbocycles. The number of halogens is 1. The van der Waals surface area contributed by atoms with Crippen LogP contribution in [0.3, 0.4) is 0 Å². The number of hydrogen-bond acceptors (Lipinski definition) is 4. The van der Waals surface area contributed by atoms with Gasteiger partial charge >= 0.3 is 12.0 Å². The second kappa shape index (κ2) is 8.85. The predicted octanol–water partition coefficient (Wildman–Crippen LogP) is 3.25. The molecule has 0 spiro atoms. The number of esters is 1. The molecule has 0 saturated carbocycles. The fourth-order valence-electron chi connectivity index (χ4n) is 2.22. The molecule has 138 valence electrons. The maximum Gasteiger partial charge on any atom is 0.321 e. The molecule has 0 saturated heterocycles. The Balaban J connectivity index is 2.62. The molecule has 1 rings (SSSR count). The normalized spacial score (nSPS) is 12.4. The van der Waals surface area contributed by atoms with E-state index in [-0.39, 0.29) is 5.92 Å². The van der Waals surface area contributed by atoms with Gasteiger partial charge in [-0.25, -0.2) is 4.79 Å². The molecule has 2 N–H and O–H groups in total. The number of carbonyl (C=O) groups is 3. The van der Waals surface area contributed by atoms with Gasteiger partial charge in [0.1, 0.15) is 0 Å². The highest BCUT2D eigenvalue weighted by atomic mass is 35.5. The van der Waals surface area contributed by atoms with Crippen LogP contribution in [0.15, 0.2) is 24.3 Å². The van der Waals surface area contributed by atoms with Crippen LogP contribution in [0.1, 0.15) is 46.1 Å². The second-order valence-electron chi connectivity index (χ2n) is 7.13. The highest BCUT2D eigenvalue weighted by molar-refractivity contribution is 6.30. The fourth-order valence-corrected chi connectivity index (χ4v) is 2.35. The number of nitrogens with one attached hydrogen (secondary N) is 2. The standard InChI is InChI=1S/C18H25ClN2O4/c1-11(2)15(12-6-8-13(19)9-7-12)16(23)25-10-14(22)20-17(24)21-18(3,4)5/h6-9,11,15H,10H2,1-5H3,(H2,20,21,22,24)/t15-/m1/s1. The van der Waals surface area contributed by atoms with Gasteiger partial charge < -0.3 is 10.1 Å². The lowest BCUT2D eigenvalue weighted by Gasteiger charge is -2.21. The van der Waals surface area contributed by atoms with E-state index in [1.165, 1.54) is 0 Å². The van der Waals surface area contributed by atoms with Gasteiger partial charge in [-0.3, -0.25) is 14.9 Å². The molecule has 6 nitrogen and oxygen atoms in total. The smallest absolute Gasteiger partial charge is 0.321 e. The number of benzene rings is 1. The Morgan fingerprint density at radius 1 is 1.12 bits per heavy atom. The third-order valence-electron chi connectivity index (χ3n) is 3.24. The lowest BCUT2D eigenvalue weighted by atomic mass is 9.88. The van der Waals surface area contributed by atoms with Gasteiger partial charge in [-0.2, -0.15) is 0 Å². The van der Waals surface area contributed by atoms with Crippen LogP contribution in [0, 0.1) is 5.92 Å². The summed E-state index contributed by atoms with van der Waals surface area (Å²) in [6.07, 6.45) is 0. The minimum atomic E-state index is -0.686. The molecular formula is C18H25ClN2O4. The quantitative estimate of drug-likeness (QED) is 0.781. The third-order valence-corrected chi connectivity index (χ3v) is 3.49. The molecule has 7 heteroatoms. The van der Waals surface area contributed by atoms with Crippen LogP contribution in [-0.4, -0.2) is 30.1 Å². The molecule has 0 unspecified atom stereocenters. The SMILES string of the molecule is CC(C)[C@@H](C(=O)OCC(=O)NC(=O)NC(C)(C)C)c1ccc(Cl)cc1. The van der Waals surface area contributed by atoms with E-state index in [0.29, 0.717) is 5.02 Å². The van der Waals surface area contributed by atoms with Crippen LogP contribution in [0.25, 0.3) is 0 Å². The Kier molecular flexibility index (Phi) is 7.42. The average Bonchev–Trinajstić information content (AvgIpc) is 2.45. The first kappa shape index (κ1) is 21.0. The maximum atomic E-state index is 12.4. The largest absolute Gasteiger partial charge is 0.455 e. The third kappa shape index (κ3) is 7.56. The molecule has 0 heterocycles. The molecule has 1 aromatic rings. The lowest BCUT2D eigenvalue weighted by molar-refractivity contribution is -0.150. The summed E-state index contributed by atoms with van der Waals surface area (Å²) in [5, 5.41) is 5.28. The summed E-state index contributed by atoms with van der Waals surface area (Å²) in [4.78, 5) is 35.7. The van der Waals surface area contributed by atoms with E-state index < -0.39 is 36.0 Å². The van der Waals surface area contributed by atoms with Crippen molar-refractivity contribution in [3.8, 4) is 0 Å². The number of urea groups is 1. The van der Waals surface area contributed by atoms with Crippen molar-refractivity contribution < 1.29 is 19.1 Å². The van der Waals surface area contributed by atoms with Crippen LogP contribution < -0.4 is 10.6 Å². The van der Waals surface area contributed by atoms with Crippen molar-refractivity contribution in [3.63, 3.8) is 0 Å². The van der Waals surface area contributed by atoms with E-state index in [9.17, 15) is 14.4 Å². The zero-order chi connectivity index (χ0) is 19.2. The fraction of sp³-hybridized carbons (Fsp3) is 0.500. The van der Waals surface area contributed by atoms with Crippen LogP contribution in [0.2, 0.25) is 5.02 Å². The Labute approximate surface area is 153 Å². The number of amides is 3. The molecule has 0 aromatic heterocycles. The Bertz CT molecular complexity index is 621. The van der Waals surface area contributed by atoms with Crippen LogP contribution >= 0.6 is 11.6 Å². The number of ether oxygens (including phenoxy) is 1. The monoisotopic (exact) mass is 368 g/mol. The molecule has 0 aliphatic carbocycles. The van der Waals surface area contributed by atoms with Crippen LogP contribution in [0.4, 0.5) is 4.79 Å². The van der Waals surface area contributed by atoms with Gasteiger partial charge in [0.15, 0.2) is 6.61 Å². The Hall–Kier alpha value is -2.08. The average molecular weight is 369 g/mol. The first-order valence-electron chi connectivity index (χ1n) is 8.03. The summed E-state index contributed by atoms with van der Waals surface area (Å²) in [7, 11) is 0. The minimum absolute atomic E-state index is 0.0269. The van der Waals surface area contributed by atoms with Gasteiger partial charge in [-0.15, -0.1) is 0 Å². The van der Waals surface area contributed by atoms with Crippen molar-refractivity contribution in [2.75, 3.05) is 6.61 Å². The van der Waals surface area contributed by atoms with Gasteiger partial charge in [-0.05, 0) is 44.4 Å². The van der Waals surface area contributed by atoms with Crippen molar-refractivity contribution in [1.29, 1.82) is 0 Å². The predicted molar refractivity (Wildman–Crippen MR) is 96.4 cm³/mol. The topological polar surface area (TPSA) is 84.5 Å². The maximum absolute atomic E-state index is 12.4. The van der Waals surface area contributed by atoms with E-state index in [2.05, 4.69) is 10.6 Å². The molecule has 3 amide bonds. The molecule has 0 fully saturated rings. The van der Waals surface area contributed by atoms with E-state index >= 15 is 0 Å². The summed E-state index contributed by atoms with van der Waals surface area (Å²) in [6.45, 7) is 8.62. The number of imide groups is 1. The van der Waals surface area contributed by atoms with E-state index in [4.69, 9.17) is 16.3 Å². The zero-order valence-electron chi connectivity index (χ0n) is 15.2. The zero-order valence-corrected chi connectivity index (χ0v) is 15.9. The van der Waals surface area contributed by atoms with Crippen molar-refractivity contribution >= 4 is 29.5 Å². The van der Waals surface area contributed by atoms with Gasteiger partial charge in [0, 0.05) is 10.6 Å². The van der Waals surface area contributed by atoms with Crippen molar-refractivity contribution in [3.05, 3.63) is 34.9 Å². The molecular weight excluding hydrogens is 344 g/mol. The summed E-state index contributed by atoms with van der Waals surface area (Å²) in [6, 6.07) is 6.27. The molecule has 25 heavy (non-hydrogen) atoms. The summed E-state index contributed by atoms with van der Waals surface area (Å²) in [5.74, 6) is -1.76. The van der Waals surface area contributed by atoms with Crippen molar-refractivity contribution in [2.45, 2.75) is 46.1 Å².